The highest BCUT2D eigenvalue weighted by molar-refractivity contribution is 5.23. The zero-order valence-electron chi connectivity index (χ0n) is 9.62. The molecule has 2 nitrogen and oxygen atoms in total. The van der Waals surface area contributed by atoms with Gasteiger partial charge >= 0.3 is 0 Å². The average Bonchev–Trinajstić information content (AvgIpc) is 2.18. The maximum Gasteiger partial charge on any atom is 0.0638 e. The van der Waals surface area contributed by atoms with E-state index in [1.165, 1.54) is 11.1 Å². The van der Waals surface area contributed by atoms with Gasteiger partial charge in [-0.2, -0.15) is 5.26 Å². The van der Waals surface area contributed by atoms with Crippen LogP contribution in [0, 0.1) is 18.3 Å². The second-order valence-electron chi connectivity index (χ2n) is 4.06. The Morgan fingerprint density at radius 1 is 1.27 bits per heavy atom. The predicted molar refractivity (Wildman–Crippen MR) is 62.4 cm³/mol. The van der Waals surface area contributed by atoms with Crippen LogP contribution in [0.1, 0.15) is 37.4 Å². The van der Waals surface area contributed by atoms with E-state index in [0.717, 1.165) is 0 Å². The van der Waals surface area contributed by atoms with Crippen molar-refractivity contribution in [3.05, 3.63) is 35.4 Å². The SMILES string of the molecule is Cc1ccc([C@H](C)NC(C)CC#N)cc1. The van der Waals surface area contributed by atoms with Gasteiger partial charge in [-0.1, -0.05) is 29.8 Å². The number of nitrogens with one attached hydrogen (secondary N) is 1. The van der Waals surface area contributed by atoms with Crippen LogP contribution in [0.4, 0.5) is 0 Å². The molecule has 0 bridgehead atoms. The van der Waals surface area contributed by atoms with Crippen molar-refractivity contribution >= 4 is 0 Å². The largest absolute Gasteiger partial charge is 0.307 e. The van der Waals surface area contributed by atoms with Crippen LogP contribution in [-0.2, 0) is 0 Å². The number of aryl methyl sites for hydroxylation is 1. The molecule has 0 aromatic heterocycles. The minimum absolute atomic E-state index is 0.242. The number of rotatable bonds is 4. The number of nitriles is 1. The summed E-state index contributed by atoms with van der Waals surface area (Å²) in [4.78, 5) is 0. The molecular weight excluding hydrogens is 184 g/mol. The summed E-state index contributed by atoms with van der Waals surface area (Å²) in [6, 6.07) is 11.2. The molecule has 0 heterocycles. The summed E-state index contributed by atoms with van der Waals surface area (Å²) in [6.45, 7) is 6.24. The summed E-state index contributed by atoms with van der Waals surface area (Å²) < 4.78 is 0. The Hall–Kier alpha value is -1.33. The van der Waals surface area contributed by atoms with E-state index in [4.69, 9.17) is 5.26 Å². The molecule has 1 aromatic rings. The van der Waals surface area contributed by atoms with E-state index >= 15 is 0 Å². The van der Waals surface area contributed by atoms with Crippen molar-refractivity contribution in [3.63, 3.8) is 0 Å². The number of hydrogen-bond acceptors (Lipinski definition) is 2. The van der Waals surface area contributed by atoms with Gasteiger partial charge < -0.3 is 5.32 Å². The van der Waals surface area contributed by atoms with Crippen LogP contribution >= 0.6 is 0 Å². The third kappa shape index (κ3) is 3.73. The summed E-state index contributed by atoms with van der Waals surface area (Å²) >= 11 is 0. The Kier molecular flexibility index (Phi) is 4.33. The third-order valence-electron chi connectivity index (χ3n) is 2.51. The topological polar surface area (TPSA) is 35.8 Å². The highest BCUT2D eigenvalue weighted by Gasteiger charge is 2.08. The molecule has 0 aliphatic rings. The second-order valence-corrected chi connectivity index (χ2v) is 4.06. The predicted octanol–water partition coefficient (Wildman–Crippen LogP) is 2.95. The minimum atomic E-state index is 0.242. The Balaban J connectivity index is 2.57. The van der Waals surface area contributed by atoms with Crippen molar-refractivity contribution in [2.45, 2.75) is 39.3 Å². The van der Waals surface area contributed by atoms with Gasteiger partial charge in [0.05, 0.1) is 12.5 Å². The maximum atomic E-state index is 8.57. The molecule has 0 spiro atoms. The van der Waals surface area contributed by atoms with Crippen molar-refractivity contribution in [2.75, 3.05) is 0 Å². The van der Waals surface area contributed by atoms with E-state index in [-0.39, 0.29) is 6.04 Å². The first-order valence-corrected chi connectivity index (χ1v) is 5.33. The monoisotopic (exact) mass is 202 g/mol. The highest BCUT2D eigenvalue weighted by Crippen LogP contribution is 2.14. The Bertz CT molecular complexity index is 335. The molecule has 0 amide bonds. The summed E-state index contributed by atoms with van der Waals surface area (Å²) in [5.41, 5.74) is 2.54. The van der Waals surface area contributed by atoms with Gasteiger partial charge in [-0.05, 0) is 26.3 Å². The molecule has 0 saturated heterocycles. The molecule has 0 fully saturated rings. The van der Waals surface area contributed by atoms with Gasteiger partial charge in [-0.3, -0.25) is 0 Å². The first-order valence-electron chi connectivity index (χ1n) is 5.33. The third-order valence-corrected chi connectivity index (χ3v) is 2.51. The van der Waals surface area contributed by atoms with Crippen LogP contribution in [0.5, 0.6) is 0 Å². The van der Waals surface area contributed by atoms with Crippen molar-refractivity contribution < 1.29 is 0 Å². The van der Waals surface area contributed by atoms with Gasteiger partial charge in [0.15, 0.2) is 0 Å². The summed E-state index contributed by atoms with van der Waals surface area (Å²) in [6.07, 6.45) is 0.552. The lowest BCUT2D eigenvalue weighted by atomic mass is 10.1. The van der Waals surface area contributed by atoms with Crippen molar-refractivity contribution in [1.29, 1.82) is 5.26 Å². The summed E-state index contributed by atoms with van der Waals surface area (Å²) in [5, 5.41) is 12.0. The molecule has 0 radical (unpaired) electrons. The number of nitrogens with zero attached hydrogens (tertiary/aromatic N) is 1. The smallest absolute Gasteiger partial charge is 0.0638 e. The van der Waals surface area contributed by atoms with Crippen LogP contribution in [0.25, 0.3) is 0 Å². The van der Waals surface area contributed by atoms with Crippen LogP contribution in [0.2, 0.25) is 0 Å². The van der Waals surface area contributed by atoms with Gasteiger partial charge in [0, 0.05) is 12.1 Å². The molecule has 2 heteroatoms. The zero-order valence-corrected chi connectivity index (χ0v) is 9.62. The molecule has 15 heavy (non-hydrogen) atoms. The number of benzene rings is 1. The molecule has 80 valence electrons. The zero-order chi connectivity index (χ0) is 11.3. The van der Waals surface area contributed by atoms with E-state index in [0.29, 0.717) is 12.5 Å². The van der Waals surface area contributed by atoms with Crippen LogP contribution in [-0.4, -0.2) is 6.04 Å². The van der Waals surface area contributed by atoms with E-state index in [9.17, 15) is 0 Å². The van der Waals surface area contributed by atoms with E-state index < -0.39 is 0 Å². The Morgan fingerprint density at radius 2 is 1.87 bits per heavy atom. The molecule has 1 N–H and O–H groups in total. The van der Waals surface area contributed by atoms with Crippen molar-refractivity contribution in [1.82, 2.24) is 5.32 Å². The quantitative estimate of drug-likeness (QED) is 0.814. The molecule has 2 atom stereocenters. The van der Waals surface area contributed by atoms with Gasteiger partial charge in [0.1, 0.15) is 0 Å². The number of hydrogen-bond donors (Lipinski definition) is 1. The van der Waals surface area contributed by atoms with Gasteiger partial charge in [0.2, 0.25) is 0 Å². The van der Waals surface area contributed by atoms with E-state index in [1.807, 2.05) is 6.92 Å². The highest BCUT2D eigenvalue weighted by atomic mass is 14.9. The fourth-order valence-electron chi connectivity index (χ4n) is 1.57. The molecule has 0 aliphatic heterocycles. The van der Waals surface area contributed by atoms with Crippen LogP contribution < -0.4 is 5.32 Å². The summed E-state index contributed by atoms with van der Waals surface area (Å²) in [5.74, 6) is 0. The lowest BCUT2D eigenvalue weighted by Gasteiger charge is -2.18. The van der Waals surface area contributed by atoms with Gasteiger partial charge in [-0.25, -0.2) is 0 Å². The summed E-state index contributed by atoms with van der Waals surface area (Å²) in [7, 11) is 0. The molecule has 1 unspecified atom stereocenters. The molecule has 0 saturated carbocycles. The van der Waals surface area contributed by atoms with Crippen LogP contribution in [0.15, 0.2) is 24.3 Å². The average molecular weight is 202 g/mol. The van der Waals surface area contributed by atoms with Crippen LogP contribution in [0.3, 0.4) is 0 Å². The first-order chi connectivity index (χ1) is 7.13. The Labute approximate surface area is 91.9 Å². The Morgan fingerprint density at radius 3 is 2.40 bits per heavy atom. The molecule has 0 aliphatic carbocycles. The molecule has 1 rings (SSSR count). The first kappa shape index (κ1) is 11.7. The normalized spacial score (nSPS) is 14.3. The maximum absolute atomic E-state index is 8.57. The lowest BCUT2D eigenvalue weighted by Crippen LogP contribution is -2.28. The fraction of sp³-hybridized carbons (Fsp3) is 0.462. The minimum Gasteiger partial charge on any atom is -0.307 e. The van der Waals surface area contributed by atoms with E-state index in [2.05, 4.69) is 49.5 Å². The molecule has 1 aromatic carbocycles. The lowest BCUT2D eigenvalue weighted by molar-refractivity contribution is 0.485. The fourth-order valence-corrected chi connectivity index (χ4v) is 1.57. The molecular formula is C13H18N2. The second kappa shape index (κ2) is 5.53. The van der Waals surface area contributed by atoms with Gasteiger partial charge in [-0.15, -0.1) is 0 Å². The van der Waals surface area contributed by atoms with E-state index in [1.54, 1.807) is 0 Å². The van der Waals surface area contributed by atoms with Gasteiger partial charge in [0.25, 0.3) is 0 Å². The standard InChI is InChI=1S/C13H18N2/c1-10-4-6-13(7-5-10)12(3)15-11(2)8-9-14/h4-7,11-12,15H,8H2,1-3H3/t11?,12-/m0/s1. The van der Waals surface area contributed by atoms with Crippen molar-refractivity contribution in [2.24, 2.45) is 0 Å². The van der Waals surface area contributed by atoms with Crippen molar-refractivity contribution in [3.8, 4) is 6.07 Å².